The first kappa shape index (κ1) is 12.2. The summed E-state index contributed by atoms with van der Waals surface area (Å²) in [5.41, 5.74) is 0.698. The van der Waals surface area contributed by atoms with E-state index in [9.17, 15) is 4.79 Å². The van der Waals surface area contributed by atoms with Crippen LogP contribution >= 0.6 is 23.2 Å². The number of hydrogen-bond acceptors (Lipinski definition) is 3. The first-order valence-corrected chi connectivity index (χ1v) is 5.32. The van der Waals surface area contributed by atoms with E-state index < -0.39 is 0 Å². The number of carbonyl (C=O) groups excluding carboxylic acids is 1. The highest BCUT2D eigenvalue weighted by Gasteiger charge is 2.13. The van der Waals surface area contributed by atoms with Crippen molar-refractivity contribution in [3.63, 3.8) is 0 Å². The topological polar surface area (TPSA) is 54.9 Å². The summed E-state index contributed by atoms with van der Waals surface area (Å²) in [6, 6.07) is 1.61. The van der Waals surface area contributed by atoms with Gasteiger partial charge in [-0.1, -0.05) is 18.5 Å². The Hall–Kier alpha value is -0.870. The van der Waals surface area contributed by atoms with Crippen molar-refractivity contribution in [2.45, 2.75) is 13.8 Å². The molecule has 1 rings (SSSR count). The van der Waals surface area contributed by atoms with Gasteiger partial charge in [0.05, 0.1) is 0 Å². The molecule has 1 atom stereocenters. The van der Waals surface area contributed by atoms with Gasteiger partial charge in [-0.2, -0.15) is 0 Å². The van der Waals surface area contributed by atoms with Crippen LogP contribution < -0.4 is 5.32 Å². The zero-order valence-electron chi connectivity index (χ0n) is 8.42. The van der Waals surface area contributed by atoms with E-state index in [0.29, 0.717) is 10.8 Å². The monoisotopic (exact) mass is 247 g/mol. The molecule has 82 valence electrons. The van der Waals surface area contributed by atoms with E-state index in [1.54, 1.807) is 19.9 Å². The lowest BCUT2D eigenvalue weighted by molar-refractivity contribution is -0.118. The van der Waals surface area contributed by atoms with Crippen LogP contribution in [-0.4, -0.2) is 21.8 Å². The molecular weight excluding hydrogens is 237 g/mol. The second-order valence-electron chi connectivity index (χ2n) is 3.20. The molecule has 0 aliphatic heterocycles. The van der Waals surface area contributed by atoms with Crippen LogP contribution in [0.2, 0.25) is 5.15 Å². The summed E-state index contributed by atoms with van der Waals surface area (Å²) in [6.07, 6.45) is 0. The van der Waals surface area contributed by atoms with E-state index in [2.05, 4.69) is 15.3 Å². The minimum absolute atomic E-state index is 0.210. The maximum atomic E-state index is 11.4. The van der Waals surface area contributed by atoms with E-state index >= 15 is 0 Å². The van der Waals surface area contributed by atoms with Crippen LogP contribution in [0.1, 0.15) is 12.6 Å². The fraction of sp³-hybridized carbons (Fsp3) is 0.444. The largest absolute Gasteiger partial charge is 0.294 e. The third-order valence-electron chi connectivity index (χ3n) is 1.74. The molecule has 0 radical (unpaired) electrons. The second kappa shape index (κ2) is 5.28. The Bertz CT molecular complexity index is 350. The Morgan fingerprint density at radius 1 is 1.60 bits per heavy atom. The zero-order chi connectivity index (χ0) is 11.4. The molecule has 0 saturated carbocycles. The molecule has 0 spiro atoms. The lowest BCUT2D eigenvalue weighted by atomic mass is 10.2. The normalized spacial score (nSPS) is 12.3. The minimum Gasteiger partial charge on any atom is -0.294 e. The molecule has 0 aliphatic rings. The van der Waals surface area contributed by atoms with Gasteiger partial charge in [0.15, 0.2) is 0 Å². The van der Waals surface area contributed by atoms with E-state index in [0.717, 1.165) is 0 Å². The third-order valence-corrected chi connectivity index (χ3v) is 2.39. The molecule has 15 heavy (non-hydrogen) atoms. The van der Waals surface area contributed by atoms with Gasteiger partial charge in [-0.15, -0.1) is 11.6 Å². The summed E-state index contributed by atoms with van der Waals surface area (Å²) in [6.45, 7) is 3.49. The fourth-order valence-electron chi connectivity index (χ4n) is 0.890. The van der Waals surface area contributed by atoms with Crippen molar-refractivity contribution < 1.29 is 4.79 Å². The Morgan fingerprint density at radius 2 is 2.27 bits per heavy atom. The summed E-state index contributed by atoms with van der Waals surface area (Å²) in [5, 5.41) is 2.85. The molecule has 0 aromatic carbocycles. The molecule has 1 aromatic rings. The van der Waals surface area contributed by atoms with E-state index in [4.69, 9.17) is 23.2 Å². The molecule has 1 aromatic heterocycles. The number of aromatic nitrogens is 2. The second-order valence-corrected chi connectivity index (χ2v) is 3.90. The summed E-state index contributed by atoms with van der Waals surface area (Å²) < 4.78 is 0. The fourth-order valence-corrected chi connectivity index (χ4v) is 1.27. The molecule has 0 saturated heterocycles. The summed E-state index contributed by atoms with van der Waals surface area (Å²) in [5.74, 6) is -0.0334. The highest BCUT2D eigenvalue weighted by atomic mass is 35.5. The van der Waals surface area contributed by atoms with Crippen molar-refractivity contribution in [2.75, 3.05) is 11.2 Å². The third kappa shape index (κ3) is 3.64. The van der Waals surface area contributed by atoms with Gasteiger partial charge in [0.25, 0.3) is 0 Å². The predicted octanol–water partition coefficient (Wildman–Crippen LogP) is 2.25. The SMILES string of the molecule is Cc1cc(Cl)nc(NC(=O)C(C)CCl)n1. The van der Waals surface area contributed by atoms with Crippen LogP contribution in [-0.2, 0) is 4.79 Å². The molecule has 1 amide bonds. The molecule has 0 fully saturated rings. The van der Waals surface area contributed by atoms with Gasteiger partial charge in [-0.05, 0) is 13.0 Å². The number of aryl methyl sites for hydroxylation is 1. The zero-order valence-corrected chi connectivity index (χ0v) is 9.93. The number of hydrogen-bond donors (Lipinski definition) is 1. The molecular formula is C9H11Cl2N3O. The van der Waals surface area contributed by atoms with Crippen molar-refractivity contribution in [3.05, 3.63) is 16.9 Å². The van der Waals surface area contributed by atoms with Crippen molar-refractivity contribution in [1.82, 2.24) is 9.97 Å². The number of anilines is 1. The minimum atomic E-state index is -0.283. The van der Waals surface area contributed by atoms with E-state index in [1.165, 1.54) is 0 Å². The molecule has 6 heteroatoms. The lowest BCUT2D eigenvalue weighted by Crippen LogP contribution is -2.22. The van der Waals surface area contributed by atoms with Gasteiger partial charge in [0.2, 0.25) is 11.9 Å². The molecule has 1 N–H and O–H groups in total. The van der Waals surface area contributed by atoms with Gasteiger partial charge in [-0.25, -0.2) is 9.97 Å². The van der Waals surface area contributed by atoms with Crippen molar-refractivity contribution in [2.24, 2.45) is 5.92 Å². The lowest BCUT2D eigenvalue weighted by Gasteiger charge is -2.08. The molecule has 0 aliphatic carbocycles. The van der Waals surface area contributed by atoms with Crippen LogP contribution in [0.25, 0.3) is 0 Å². The summed E-state index contributed by atoms with van der Waals surface area (Å²) in [7, 11) is 0. The maximum absolute atomic E-state index is 11.4. The number of halogens is 2. The Kier molecular flexibility index (Phi) is 4.29. The van der Waals surface area contributed by atoms with Gasteiger partial charge in [0.1, 0.15) is 5.15 Å². The van der Waals surface area contributed by atoms with Crippen LogP contribution in [0.15, 0.2) is 6.07 Å². The first-order valence-electron chi connectivity index (χ1n) is 4.41. The summed E-state index contributed by atoms with van der Waals surface area (Å²) in [4.78, 5) is 19.3. The van der Waals surface area contributed by atoms with Crippen molar-refractivity contribution >= 4 is 35.1 Å². The molecule has 0 bridgehead atoms. The quantitative estimate of drug-likeness (QED) is 0.659. The highest BCUT2D eigenvalue weighted by molar-refractivity contribution is 6.29. The van der Waals surface area contributed by atoms with Crippen LogP contribution in [0.3, 0.4) is 0 Å². The van der Waals surface area contributed by atoms with Gasteiger partial charge >= 0.3 is 0 Å². The smallest absolute Gasteiger partial charge is 0.231 e. The van der Waals surface area contributed by atoms with Crippen LogP contribution in [0.4, 0.5) is 5.95 Å². The average Bonchev–Trinajstić information content (AvgIpc) is 2.14. The van der Waals surface area contributed by atoms with Crippen LogP contribution in [0.5, 0.6) is 0 Å². The number of rotatable bonds is 3. The molecule has 1 unspecified atom stereocenters. The number of nitrogens with one attached hydrogen (secondary N) is 1. The van der Waals surface area contributed by atoms with Crippen LogP contribution in [0, 0.1) is 12.8 Å². The van der Waals surface area contributed by atoms with Gasteiger partial charge < -0.3 is 0 Å². The average molecular weight is 248 g/mol. The Morgan fingerprint density at radius 3 is 2.80 bits per heavy atom. The Labute approximate surface area is 98.0 Å². The number of carbonyl (C=O) groups is 1. The van der Waals surface area contributed by atoms with Gasteiger partial charge in [0, 0.05) is 17.5 Å². The predicted molar refractivity (Wildman–Crippen MR) is 60.3 cm³/mol. The number of alkyl halides is 1. The maximum Gasteiger partial charge on any atom is 0.231 e. The highest BCUT2D eigenvalue weighted by Crippen LogP contribution is 2.10. The summed E-state index contributed by atoms with van der Waals surface area (Å²) >= 11 is 11.3. The van der Waals surface area contributed by atoms with Crippen molar-refractivity contribution in [3.8, 4) is 0 Å². The van der Waals surface area contributed by atoms with E-state index in [-0.39, 0.29) is 23.7 Å². The van der Waals surface area contributed by atoms with Crippen molar-refractivity contribution in [1.29, 1.82) is 0 Å². The standard InChI is InChI=1S/C9H11Cl2N3O/c1-5(4-10)8(15)14-9-12-6(2)3-7(11)13-9/h3,5H,4H2,1-2H3,(H,12,13,14,15). The molecule has 4 nitrogen and oxygen atoms in total. The van der Waals surface area contributed by atoms with Gasteiger partial charge in [-0.3, -0.25) is 10.1 Å². The number of amides is 1. The molecule has 1 heterocycles. The Balaban J connectivity index is 2.76. The van der Waals surface area contributed by atoms with E-state index in [1.807, 2.05) is 0 Å². The first-order chi connectivity index (χ1) is 7.02. The number of nitrogens with zero attached hydrogens (tertiary/aromatic N) is 2.